The molecule has 1 aliphatic rings. The molecule has 0 spiro atoms. The van der Waals surface area contributed by atoms with Crippen molar-refractivity contribution in [1.29, 1.82) is 0 Å². The Labute approximate surface area is 201 Å². The van der Waals surface area contributed by atoms with Crippen LogP contribution in [-0.4, -0.2) is 45.5 Å². The minimum atomic E-state index is -0.0853. The maximum absolute atomic E-state index is 13.1. The summed E-state index contributed by atoms with van der Waals surface area (Å²) < 4.78 is 5.80. The van der Waals surface area contributed by atoms with Gasteiger partial charge in [-0.3, -0.25) is 4.79 Å². The predicted molar refractivity (Wildman–Crippen MR) is 125 cm³/mol. The van der Waals surface area contributed by atoms with Gasteiger partial charge in [0, 0.05) is 43.7 Å². The van der Waals surface area contributed by atoms with Crippen LogP contribution in [0.3, 0.4) is 0 Å². The zero-order valence-corrected chi connectivity index (χ0v) is 19.6. The summed E-state index contributed by atoms with van der Waals surface area (Å²) >= 11 is 18.3. The van der Waals surface area contributed by atoms with Gasteiger partial charge < -0.3 is 9.64 Å². The standard InChI is InChI=1S/C23H21Cl3N4O2/c1-14-27-9-17(10-28-14)23(31)30-12-16(6-7-32-22-5-3-18(24)11-29-22)19(13-30)15-2-4-20(25)21(26)8-15/h2-5,8-11,16,19H,6-7,12-13H2,1H3/t16-,19-/m1/s1. The second kappa shape index (κ2) is 10.0. The van der Waals surface area contributed by atoms with Gasteiger partial charge in [-0.05, 0) is 43.0 Å². The van der Waals surface area contributed by atoms with Gasteiger partial charge in [0.2, 0.25) is 5.88 Å². The van der Waals surface area contributed by atoms with Crippen molar-refractivity contribution in [2.45, 2.75) is 19.3 Å². The minimum absolute atomic E-state index is 0.0853. The molecule has 166 valence electrons. The zero-order valence-electron chi connectivity index (χ0n) is 17.3. The molecule has 9 heteroatoms. The molecule has 0 bridgehead atoms. The third-order valence-electron chi connectivity index (χ3n) is 5.57. The van der Waals surface area contributed by atoms with E-state index in [0.29, 0.717) is 52.0 Å². The largest absolute Gasteiger partial charge is 0.478 e. The quantitative estimate of drug-likeness (QED) is 0.458. The van der Waals surface area contributed by atoms with Gasteiger partial charge in [-0.25, -0.2) is 15.0 Å². The highest BCUT2D eigenvalue weighted by Crippen LogP contribution is 2.37. The van der Waals surface area contributed by atoms with Crippen molar-refractivity contribution in [2.75, 3.05) is 19.7 Å². The number of amides is 1. The van der Waals surface area contributed by atoms with Gasteiger partial charge in [0.1, 0.15) is 5.82 Å². The van der Waals surface area contributed by atoms with Crippen LogP contribution in [0.1, 0.15) is 34.1 Å². The molecule has 1 aliphatic heterocycles. The van der Waals surface area contributed by atoms with Crippen molar-refractivity contribution in [1.82, 2.24) is 19.9 Å². The third-order valence-corrected chi connectivity index (χ3v) is 6.53. The number of pyridine rings is 1. The average molecular weight is 492 g/mol. The van der Waals surface area contributed by atoms with E-state index < -0.39 is 0 Å². The van der Waals surface area contributed by atoms with E-state index >= 15 is 0 Å². The van der Waals surface area contributed by atoms with Crippen LogP contribution in [0.5, 0.6) is 5.88 Å². The Hall–Kier alpha value is -2.41. The van der Waals surface area contributed by atoms with Crippen molar-refractivity contribution in [3.63, 3.8) is 0 Å². The summed E-state index contributed by atoms with van der Waals surface area (Å²) in [7, 11) is 0. The summed E-state index contributed by atoms with van der Waals surface area (Å²) in [4.78, 5) is 27.4. The Morgan fingerprint density at radius 1 is 1.03 bits per heavy atom. The summed E-state index contributed by atoms with van der Waals surface area (Å²) in [6, 6.07) is 9.12. The van der Waals surface area contributed by atoms with Crippen molar-refractivity contribution in [3.05, 3.63) is 80.9 Å². The first-order valence-corrected chi connectivity index (χ1v) is 11.3. The molecule has 2 aromatic heterocycles. The fraction of sp³-hybridized carbons (Fsp3) is 0.304. The Bertz CT molecular complexity index is 1090. The van der Waals surface area contributed by atoms with Gasteiger partial charge in [0.05, 0.1) is 27.2 Å². The molecule has 0 N–H and O–H groups in total. The molecule has 0 radical (unpaired) electrons. The predicted octanol–water partition coefficient (Wildman–Crippen LogP) is 5.47. The number of hydrogen-bond donors (Lipinski definition) is 0. The first-order chi connectivity index (χ1) is 15.4. The van der Waals surface area contributed by atoms with Gasteiger partial charge in [-0.2, -0.15) is 0 Å². The second-order valence-corrected chi connectivity index (χ2v) is 8.97. The number of halogens is 3. The van der Waals surface area contributed by atoms with E-state index in [1.807, 2.05) is 17.0 Å². The number of carbonyl (C=O) groups excluding carboxylic acids is 1. The van der Waals surface area contributed by atoms with Crippen molar-refractivity contribution in [3.8, 4) is 5.88 Å². The summed E-state index contributed by atoms with van der Waals surface area (Å²) in [5.41, 5.74) is 1.52. The number of rotatable bonds is 6. The topological polar surface area (TPSA) is 68.2 Å². The number of likely N-dealkylation sites (tertiary alicyclic amines) is 1. The number of ether oxygens (including phenoxy) is 1. The van der Waals surface area contributed by atoms with Crippen molar-refractivity contribution >= 4 is 40.7 Å². The van der Waals surface area contributed by atoms with Gasteiger partial charge in [0.25, 0.3) is 5.91 Å². The molecule has 6 nitrogen and oxygen atoms in total. The second-order valence-electron chi connectivity index (χ2n) is 7.72. The molecule has 2 atom stereocenters. The molecule has 32 heavy (non-hydrogen) atoms. The molecule has 0 saturated carbocycles. The minimum Gasteiger partial charge on any atom is -0.478 e. The molecular weight excluding hydrogens is 471 g/mol. The van der Waals surface area contributed by atoms with Crippen LogP contribution in [0.25, 0.3) is 0 Å². The monoisotopic (exact) mass is 490 g/mol. The highest BCUT2D eigenvalue weighted by Gasteiger charge is 2.36. The van der Waals surface area contributed by atoms with E-state index in [1.165, 1.54) is 0 Å². The average Bonchev–Trinajstić information content (AvgIpc) is 3.21. The Morgan fingerprint density at radius 3 is 2.50 bits per heavy atom. The lowest BCUT2D eigenvalue weighted by Crippen LogP contribution is -2.29. The van der Waals surface area contributed by atoms with Crippen molar-refractivity contribution < 1.29 is 9.53 Å². The zero-order chi connectivity index (χ0) is 22.7. The number of nitrogens with zero attached hydrogens (tertiary/aromatic N) is 4. The van der Waals surface area contributed by atoms with E-state index in [0.717, 1.165) is 12.0 Å². The number of aromatic nitrogens is 3. The first kappa shape index (κ1) is 22.8. The number of aryl methyl sites for hydroxylation is 1. The van der Waals surface area contributed by atoms with Gasteiger partial charge >= 0.3 is 0 Å². The molecular formula is C23H21Cl3N4O2. The fourth-order valence-corrected chi connectivity index (χ4v) is 4.32. The smallest absolute Gasteiger partial charge is 0.257 e. The molecule has 3 heterocycles. The Morgan fingerprint density at radius 2 is 1.81 bits per heavy atom. The van der Waals surface area contributed by atoms with Crippen LogP contribution >= 0.6 is 34.8 Å². The lowest BCUT2D eigenvalue weighted by atomic mass is 9.87. The molecule has 0 aliphatic carbocycles. The fourth-order valence-electron chi connectivity index (χ4n) is 3.90. The highest BCUT2D eigenvalue weighted by atomic mass is 35.5. The van der Waals surface area contributed by atoms with E-state index in [2.05, 4.69) is 15.0 Å². The van der Waals surface area contributed by atoms with E-state index in [4.69, 9.17) is 39.5 Å². The number of carbonyl (C=O) groups is 1. The third kappa shape index (κ3) is 5.31. The van der Waals surface area contributed by atoms with Crippen LogP contribution in [-0.2, 0) is 0 Å². The summed E-state index contributed by atoms with van der Waals surface area (Å²) in [6.45, 7) is 3.41. The molecule has 4 rings (SSSR count). The first-order valence-electron chi connectivity index (χ1n) is 10.2. The Kier molecular flexibility index (Phi) is 7.13. The molecule has 0 unspecified atom stereocenters. The molecule has 1 aromatic carbocycles. The van der Waals surface area contributed by atoms with E-state index in [-0.39, 0.29) is 17.7 Å². The van der Waals surface area contributed by atoms with Crippen LogP contribution in [0.2, 0.25) is 15.1 Å². The molecule has 1 saturated heterocycles. The SMILES string of the molecule is Cc1ncc(C(=O)N2C[C@@H](CCOc3ccc(Cl)cn3)[C@@H](c3ccc(Cl)c(Cl)c3)C2)cn1. The van der Waals surface area contributed by atoms with Crippen LogP contribution in [0.15, 0.2) is 48.9 Å². The summed E-state index contributed by atoms with van der Waals surface area (Å²) in [5.74, 6) is 1.33. The van der Waals surface area contributed by atoms with Crippen LogP contribution in [0.4, 0.5) is 0 Å². The van der Waals surface area contributed by atoms with Crippen LogP contribution in [0, 0.1) is 12.8 Å². The molecule has 1 fully saturated rings. The summed E-state index contributed by atoms with van der Waals surface area (Å²) in [5, 5.41) is 1.56. The van der Waals surface area contributed by atoms with Gasteiger partial charge in [-0.1, -0.05) is 40.9 Å². The van der Waals surface area contributed by atoms with Crippen LogP contribution < -0.4 is 4.74 Å². The maximum atomic E-state index is 13.1. The van der Waals surface area contributed by atoms with Gasteiger partial charge in [0.15, 0.2) is 0 Å². The van der Waals surface area contributed by atoms with E-state index in [9.17, 15) is 4.79 Å². The normalized spacial score (nSPS) is 18.1. The van der Waals surface area contributed by atoms with Gasteiger partial charge in [-0.15, -0.1) is 0 Å². The Balaban J connectivity index is 1.50. The lowest BCUT2D eigenvalue weighted by molar-refractivity contribution is 0.0783. The number of hydrogen-bond acceptors (Lipinski definition) is 5. The maximum Gasteiger partial charge on any atom is 0.257 e. The number of benzene rings is 1. The lowest BCUT2D eigenvalue weighted by Gasteiger charge is -2.19. The van der Waals surface area contributed by atoms with E-state index in [1.54, 1.807) is 43.7 Å². The highest BCUT2D eigenvalue weighted by molar-refractivity contribution is 6.42. The van der Waals surface area contributed by atoms with Crippen molar-refractivity contribution in [2.24, 2.45) is 5.92 Å². The summed E-state index contributed by atoms with van der Waals surface area (Å²) in [6.07, 6.45) is 5.43. The molecule has 3 aromatic rings. The molecule has 1 amide bonds.